The van der Waals surface area contributed by atoms with Crippen molar-refractivity contribution in [3.05, 3.63) is 35.6 Å². The molecule has 7 heteroatoms. The van der Waals surface area contributed by atoms with Crippen LogP contribution in [0.3, 0.4) is 0 Å². The van der Waals surface area contributed by atoms with Crippen molar-refractivity contribution in [1.82, 2.24) is 16.0 Å². The molecule has 0 unspecified atom stereocenters. The summed E-state index contributed by atoms with van der Waals surface area (Å²) in [5.41, 5.74) is 0.308. The van der Waals surface area contributed by atoms with Gasteiger partial charge in [0.15, 0.2) is 0 Å². The van der Waals surface area contributed by atoms with Gasteiger partial charge in [-0.25, -0.2) is 4.39 Å². The van der Waals surface area contributed by atoms with E-state index in [9.17, 15) is 18.8 Å². The third-order valence-corrected chi connectivity index (χ3v) is 3.07. The summed E-state index contributed by atoms with van der Waals surface area (Å²) in [6.07, 6.45) is 0.376. The fourth-order valence-corrected chi connectivity index (χ4v) is 1.90. The zero-order valence-electron chi connectivity index (χ0n) is 12.6. The summed E-state index contributed by atoms with van der Waals surface area (Å²) < 4.78 is 13.6. The molecule has 0 radical (unpaired) electrons. The van der Waals surface area contributed by atoms with Crippen LogP contribution in [0.25, 0.3) is 0 Å². The maximum atomic E-state index is 13.6. The molecule has 0 saturated heterocycles. The lowest BCUT2D eigenvalue weighted by Crippen LogP contribution is -2.52. The van der Waals surface area contributed by atoms with Crippen LogP contribution in [0.5, 0.6) is 0 Å². The van der Waals surface area contributed by atoms with Crippen molar-refractivity contribution in [3.63, 3.8) is 0 Å². The van der Waals surface area contributed by atoms with Crippen LogP contribution in [-0.4, -0.2) is 36.9 Å². The largest absolute Gasteiger partial charge is 0.355 e. The Labute approximate surface area is 128 Å². The Balaban J connectivity index is 2.73. The highest BCUT2D eigenvalue weighted by molar-refractivity contribution is 5.90. The fraction of sp³-hybridized carbons (Fsp3) is 0.400. The summed E-state index contributed by atoms with van der Waals surface area (Å²) in [5, 5.41) is 7.41. The van der Waals surface area contributed by atoms with E-state index in [1.54, 1.807) is 13.0 Å². The van der Waals surface area contributed by atoms with Crippen molar-refractivity contribution in [3.8, 4) is 0 Å². The Bertz CT molecular complexity index is 537. The Kier molecular flexibility index (Phi) is 7.01. The molecule has 1 aromatic rings. The second-order valence-electron chi connectivity index (χ2n) is 4.76. The van der Waals surface area contributed by atoms with E-state index in [0.717, 1.165) is 0 Å². The molecule has 6 nitrogen and oxygen atoms in total. The van der Waals surface area contributed by atoms with Gasteiger partial charge in [0.2, 0.25) is 18.2 Å². The van der Waals surface area contributed by atoms with Gasteiger partial charge >= 0.3 is 0 Å². The number of carbonyl (C=O) groups excluding carboxylic acids is 3. The predicted molar refractivity (Wildman–Crippen MR) is 79.4 cm³/mol. The van der Waals surface area contributed by atoms with Gasteiger partial charge in [0.05, 0.1) is 0 Å². The third-order valence-electron chi connectivity index (χ3n) is 3.07. The topological polar surface area (TPSA) is 87.3 Å². The SMILES string of the molecule is CCNC(=O)[C@@H](C)NC(=O)[C@H](Cc1ccccc1F)NC=O. The summed E-state index contributed by atoms with van der Waals surface area (Å²) in [6, 6.07) is 4.30. The monoisotopic (exact) mass is 309 g/mol. The van der Waals surface area contributed by atoms with E-state index in [1.165, 1.54) is 25.1 Å². The number of nitrogens with one attached hydrogen (secondary N) is 3. The number of hydrogen-bond acceptors (Lipinski definition) is 3. The highest BCUT2D eigenvalue weighted by atomic mass is 19.1. The predicted octanol–water partition coefficient (Wildman–Crippen LogP) is 0.124. The molecule has 120 valence electrons. The van der Waals surface area contributed by atoms with Crippen LogP contribution in [0.2, 0.25) is 0 Å². The minimum atomic E-state index is -0.953. The first-order valence-corrected chi connectivity index (χ1v) is 7.00. The molecule has 0 aliphatic rings. The summed E-state index contributed by atoms with van der Waals surface area (Å²) >= 11 is 0. The van der Waals surface area contributed by atoms with Crippen molar-refractivity contribution in [2.75, 3.05) is 6.54 Å². The Morgan fingerprint density at radius 3 is 2.55 bits per heavy atom. The van der Waals surface area contributed by atoms with Gasteiger partial charge in [0.25, 0.3) is 0 Å². The lowest BCUT2D eigenvalue weighted by atomic mass is 10.0. The summed E-state index contributed by atoms with van der Waals surface area (Å²) in [4.78, 5) is 34.4. The normalized spacial score (nSPS) is 12.9. The standard InChI is InChI=1S/C15H20FN3O3/c1-3-17-14(21)10(2)19-15(22)13(18-9-20)8-11-6-4-5-7-12(11)16/h4-7,9-10,13H,3,8H2,1-2H3,(H,17,21)(H,18,20)(H,19,22)/t10-,13+/m1/s1. The first kappa shape index (κ1) is 17.6. The third kappa shape index (κ3) is 5.16. The van der Waals surface area contributed by atoms with E-state index >= 15 is 0 Å². The number of rotatable bonds is 8. The van der Waals surface area contributed by atoms with E-state index in [2.05, 4.69) is 16.0 Å². The van der Waals surface area contributed by atoms with Gasteiger partial charge in [0.1, 0.15) is 17.9 Å². The smallest absolute Gasteiger partial charge is 0.243 e. The van der Waals surface area contributed by atoms with Crippen LogP contribution in [0.1, 0.15) is 19.4 Å². The number of amides is 3. The highest BCUT2D eigenvalue weighted by Gasteiger charge is 2.23. The lowest BCUT2D eigenvalue weighted by molar-refractivity contribution is -0.130. The van der Waals surface area contributed by atoms with E-state index in [-0.39, 0.29) is 12.3 Å². The van der Waals surface area contributed by atoms with Gasteiger partial charge in [-0.1, -0.05) is 18.2 Å². The van der Waals surface area contributed by atoms with Gasteiger partial charge in [-0.3, -0.25) is 14.4 Å². The highest BCUT2D eigenvalue weighted by Crippen LogP contribution is 2.09. The molecule has 3 N–H and O–H groups in total. The summed E-state index contributed by atoms with van der Waals surface area (Å²) in [6.45, 7) is 3.75. The Morgan fingerprint density at radius 1 is 1.27 bits per heavy atom. The zero-order chi connectivity index (χ0) is 16.5. The maximum absolute atomic E-state index is 13.6. The van der Waals surface area contributed by atoms with E-state index in [4.69, 9.17) is 0 Å². The van der Waals surface area contributed by atoms with Crippen molar-refractivity contribution >= 4 is 18.2 Å². The minimum Gasteiger partial charge on any atom is -0.355 e. The molecule has 2 atom stereocenters. The molecule has 22 heavy (non-hydrogen) atoms. The second-order valence-corrected chi connectivity index (χ2v) is 4.76. The minimum absolute atomic E-state index is 0.000631. The Morgan fingerprint density at radius 2 is 1.95 bits per heavy atom. The summed E-state index contributed by atoms with van der Waals surface area (Å²) in [5.74, 6) is -1.33. The lowest BCUT2D eigenvalue weighted by Gasteiger charge is -2.19. The second kappa shape index (κ2) is 8.76. The molecule has 0 saturated carbocycles. The van der Waals surface area contributed by atoms with Gasteiger partial charge in [-0.2, -0.15) is 0 Å². The molecule has 0 aliphatic heterocycles. The number of hydrogen-bond donors (Lipinski definition) is 3. The zero-order valence-corrected chi connectivity index (χ0v) is 12.6. The van der Waals surface area contributed by atoms with Gasteiger partial charge < -0.3 is 16.0 Å². The van der Waals surface area contributed by atoms with Crippen molar-refractivity contribution in [2.45, 2.75) is 32.4 Å². The molecule has 0 bridgehead atoms. The van der Waals surface area contributed by atoms with E-state index < -0.39 is 23.8 Å². The molecule has 0 heterocycles. The van der Waals surface area contributed by atoms with Crippen LogP contribution in [0.4, 0.5) is 4.39 Å². The molecule has 1 rings (SSSR count). The van der Waals surface area contributed by atoms with E-state index in [1.807, 2.05) is 0 Å². The van der Waals surface area contributed by atoms with Gasteiger partial charge in [-0.05, 0) is 25.5 Å². The molecule has 0 fully saturated rings. The molecule has 3 amide bonds. The average Bonchev–Trinajstić information content (AvgIpc) is 2.49. The molecular weight excluding hydrogens is 289 g/mol. The van der Waals surface area contributed by atoms with Crippen LogP contribution >= 0.6 is 0 Å². The van der Waals surface area contributed by atoms with Gasteiger partial charge in [0, 0.05) is 13.0 Å². The number of halogens is 1. The Hall–Kier alpha value is -2.44. The van der Waals surface area contributed by atoms with Crippen LogP contribution < -0.4 is 16.0 Å². The number of benzene rings is 1. The first-order chi connectivity index (χ1) is 10.5. The van der Waals surface area contributed by atoms with Crippen molar-refractivity contribution in [2.24, 2.45) is 0 Å². The molecule has 0 aromatic heterocycles. The van der Waals surface area contributed by atoms with Gasteiger partial charge in [-0.15, -0.1) is 0 Å². The first-order valence-electron chi connectivity index (χ1n) is 7.00. The molecule has 1 aromatic carbocycles. The fourth-order valence-electron chi connectivity index (χ4n) is 1.90. The maximum Gasteiger partial charge on any atom is 0.243 e. The van der Waals surface area contributed by atoms with Crippen LogP contribution in [0, 0.1) is 5.82 Å². The van der Waals surface area contributed by atoms with Crippen LogP contribution in [-0.2, 0) is 20.8 Å². The van der Waals surface area contributed by atoms with Crippen molar-refractivity contribution in [1.29, 1.82) is 0 Å². The van der Waals surface area contributed by atoms with Crippen molar-refractivity contribution < 1.29 is 18.8 Å². The molecular formula is C15H20FN3O3. The molecule has 0 aliphatic carbocycles. The quantitative estimate of drug-likeness (QED) is 0.596. The number of carbonyl (C=O) groups is 3. The number of likely N-dealkylation sites (N-methyl/N-ethyl adjacent to an activating group) is 1. The van der Waals surface area contributed by atoms with Crippen LogP contribution in [0.15, 0.2) is 24.3 Å². The van der Waals surface area contributed by atoms with E-state index in [0.29, 0.717) is 18.5 Å². The summed E-state index contributed by atoms with van der Waals surface area (Å²) in [7, 11) is 0. The molecule has 0 spiro atoms. The average molecular weight is 309 g/mol.